The second-order valence-electron chi connectivity index (χ2n) is 5.74. The van der Waals surface area contributed by atoms with Gasteiger partial charge in [0.05, 0.1) is 0 Å². The summed E-state index contributed by atoms with van der Waals surface area (Å²) in [6.45, 7) is 5.95. The molecule has 0 aromatic carbocycles. The van der Waals surface area contributed by atoms with Crippen LogP contribution in [0, 0.1) is 0 Å². The van der Waals surface area contributed by atoms with Crippen LogP contribution in [-0.2, 0) is 6.54 Å². The Morgan fingerprint density at radius 1 is 1.26 bits per heavy atom. The molecule has 0 bridgehead atoms. The third-order valence-corrected chi connectivity index (χ3v) is 6.31. The molecule has 1 aromatic rings. The van der Waals surface area contributed by atoms with Crippen LogP contribution >= 0.6 is 27.3 Å². The molecule has 1 unspecified atom stereocenters. The van der Waals surface area contributed by atoms with Crippen LogP contribution in [0.1, 0.15) is 24.1 Å². The minimum Gasteiger partial charge on any atom is -0.328 e. The van der Waals surface area contributed by atoms with E-state index in [1.165, 1.54) is 54.8 Å². The van der Waals surface area contributed by atoms with Crippen LogP contribution in [0.25, 0.3) is 0 Å². The fourth-order valence-electron chi connectivity index (χ4n) is 3.18. The Balaban J connectivity index is 1.51. The third-order valence-electron chi connectivity index (χ3n) is 4.40. The molecule has 0 amide bonds. The summed E-state index contributed by atoms with van der Waals surface area (Å²) in [6.07, 6.45) is 3.66. The number of hydrogen-bond donors (Lipinski definition) is 1. The Labute approximate surface area is 127 Å². The highest BCUT2D eigenvalue weighted by Crippen LogP contribution is 2.27. The number of nitrogens with two attached hydrogens (primary N) is 1. The van der Waals surface area contributed by atoms with E-state index in [2.05, 4.69) is 37.2 Å². The molecule has 0 radical (unpaired) electrons. The van der Waals surface area contributed by atoms with Crippen LogP contribution < -0.4 is 5.73 Å². The van der Waals surface area contributed by atoms with Crippen LogP contribution in [0.5, 0.6) is 0 Å². The van der Waals surface area contributed by atoms with Crippen molar-refractivity contribution in [1.82, 2.24) is 9.80 Å². The molecule has 1 atom stereocenters. The van der Waals surface area contributed by atoms with Crippen molar-refractivity contribution < 1.29 is 0 Å². The van der Waals surface area contributed by atoms with Gasteiger partial charge in [-0.2, -0.15) is 0 Å². The van der Waals surface area contributed by atoms with E-state index < -0.39 is 0 Å². The first-order valence-corrected chi connectivity index (χ1v) is 8.83. The Morgan fingerprint density at radius 2 is 2.05 bits per heavy atom. The molecule has 0 saturated carbocycles. The smallest absolute Gasteiger partial charge is 0.0339 e. The van der Waals surface area contributed by atoms with E-state index in [-0.39, 0.29) is 0 Å². The minimum absolute atomic E-state index is 0.441. The lowest BCUT2D eigenvalue weighted by molar-refractivity contribution is 0.151. The molecule has 2 aliphatic rings. The van der Waals surface area contributed by atoms with Crippen molar-refractivity contribution in [2.45, 2.75) is 37.9 Å². The highest BCUT2D eigenvalue weighted by atomic mass is 79.9. The lowest BCUT2D eigenvalue weighted by atomic mass is 10.0. The Hall–Kier alpha value is 0.0600. The zero-order valence-electron chi connectivity index (χ0n) is 11.2. The van der Waals surface area contributed by atoms with E-state index in [0.717, 1.165) is 12.6 Å². The SMILES string of the molecule is NC1CCN(C2CCN(Cc3sccc3Br)C2)CC1. The lowest BCUT2D eigenvalue weighted by Crippen LogP contribution is -2.46. The van der Waals surface area contributed by atoms with E-state index in [1.807, 2.05) is 11.3 Å². The van der Waals surface area contributed by atoms with Crippen LogP contribution in [0.4, 0.5) is 0 Å². The van der Waals surface area contributed by atoms with Gasteiger partial charge in [0, 0.05) is 41.1 Å². The molecule has 1 aromatic heterocycles. The van der Waals surface area contributed by atoms with Gasteiger partial charge in [-0.05, 0) is 59.7 Å². The van der Waals surface area contributed by atoms with Crippen molar-refractivity contribution in [3.8, 4) is 0 Å². The summed E-state index contributed by atoms with van der Waals surface area (Å²) in [5, 5.41) is 2.17. The van der Waals surface area contributed by atoms with Crippen LogP contribution in [0.15, 0.2) is 15.9 Å². The number of hydrogen-bond acceptors (Lipinski definition) is 4. The molecular weight excluding hydrogens is 322 g/mol. The summed E-state index contributed by atoms with van der Waals surface area (Å²) >= 11 is 5.49. The van der Waals surface area contributed by atoms with Gasteiger partial charge in [-0.15, -0.1) is 11.3 Å². The summed E-state index contributed by atoms with van der Waals surface area (Å²) in [5.74, 6) is 0. The van der Waals surface area contributed by atoms with Crippen LogP contribution in [0.2, 0.25) is 0 Å². The minimum atomic E-state index is 0.441. The highest BCUT2D eigenvalue weighted by molar-refractivity contribution is 9.10. The number of nitrogens with zero attached hydrogens (tertiary/aromatic N) is 2. The number of rotatable bonds is 3. The summed E-state index contributed by atoms with van der Waals surface area (Å²) < 4.78 is 1.27. The summed E-state index contributed by atoms with van der Waals surface area (Å²) in [5.41, 5.74) is 5.99. The van der Waals surface area contributed by atoms with E-state index in [0.29, 0.717) is 6.04 Å². The molecule has 2 N–H and O–H groups in total. The Morgan fingerprint density at radius 3 is 2.74 bits per heavy atom. The molecule has 2 aliphatic heterocycles. The quantitative estimate of drug-likeness (QED) is 0.915. The fourth-order valence-corrected chi connectivity index (χ4v) is 4.70. The van der Waals surface area contributed by atoms with Crippen molar-refractivity contribution in [3.63, 3.8) is 0 Å². The maximum atomic E-state index is 5.99. The molecule has 0 aliphatic carbocycles. The third kappa shape index (κ3) is 3.39. The second kappa shape index (κ2) is 6.22. The fraction of sp³-hybridized carbons (Fsp3) is 0.714. The molecule has 3 rings (SSSR count). The van der Waals surface area contributed by atoms with Crippen molar-refractivity contribution in [1.29, 1.82) is 0 Å². The van der Waals surface area contributed by atoms with Gasteiger partial charge in [-0.1, -0.05) is 0 Å². The lowest BCUT2D eigenvalue weighted by Gasteiger charge is -2.34. The summed E-state index contributed by atoms with van der Waals surface area (Å²) in [6, 6.07) is 3.35. The summed E-state index contributed by atoms with van der Waals surface area (Å²) in [7, 11) is 0. The van der Waals surface area contributed by atoms with Crippen molar-refractivity contribution in [2.24, 2.45) is 5.73 Å². The van der Waals surface area contributed by atoms with E-state index >= 15 is 0 Å². The molecule has 2 fully saturated rings. The molecule has 19 heavy (non-hydrogen) atoms. The maximum Gasteiger partial charge on any atom is 0.0339 e. The van der Waals surface area contributed by atoms with Gasteiger partial charge in [0.1, 0.15) is 0 Å². The number of halogens is 1. The van der Waals surface area contributed by atoms with E-state index in [1.54, 1.807) is 0 Å². The van der Waals surface area contributed by atoms with Crippen LogP contribution in [-0.4, -0.2) is 48.1 Å². The van der Waals surface area contributed by atoms with Crippen molar-refractivity contribution >= 4 is 27.3 Å². The second-order valence-corrected chi connectivity index (χ2v) is 7.60. The largest absolute Gasteiger partial charge is 0.328 e. The highest BCUT2D eigenvalue weighted by Gasteiger charge is 2.29. The standard InChI is InChI=1S/C14H22BrN3S/c15-13-4-8-19-14(13)10-17-5-3-12(9-17)18-6-1-11(16)2-7-18/h4,8,11-12H,1-3,5-7,9-10,16H2. The zero-order chi connectivity index (χ0) is 13.2. The number of thiophene rings is 1. The first-order valence-electron chi connectivity index (χ1n) is 7.16. The molecule has 2 saturated heterocycles. The number of likely N-dealkylation sites (tertiary alicyclic amines) is 2. The monoisotopic (exact) mass is 343 g/mol. The van der Waals surface area contributed by atoms with Gasteiger partial charge in [0.15, 0.2) is 0 Å². The van der Waals surface area contributed by atoms with Gasteiger partial charge in [-0.3, -0.25) is 9.80 Å². The molecule has 3 nitrogen and oxygen atoms in total. The summed E-state index contributed by atoms with van der Waals surface area (Å²) in [4.78, 5) is 6.71. The van der Waals surface area contributed by atoms with E-state index in [9.17, 15) is 0 Å². The normalized spacial score (nSPS) is 27.2. The van der Waals surface area contributed by atoms with Crippen molar-refractivity contribution in [3.05, 3.63) is 20.8 Å². The average molecular weight is 344 g/mol. The van der Waals surface area contributed by atoms with Gasteiger partial charge < -0.3 is 5.73 Å². The first kappa shape index (κ1) is 14.0. The average Bonchev–Trinajstić information content (AvgIpc) is 3.01. The van der Waals surface area contributed by atoms with Crippen molar-refractivity contribution in [2.75, 3.05) is 26.2 Å². The van der Waals surface area contributed by atoms with Gasteiger partial charge in [0.2, 0.25) is 0 Å². The number of piperidine rings is 1. The topological polar surface area (TPSA) is 32.5 Å². The van der Waals surface area contributed by atoms with Gasteiger partial charge >= 0.3 is 0 Å². The van der Waals surface area contributed by atoms with Gasteiger partial charge in [0.25, 0.3) is 0 Å². The molecule has 0 spiro atoms. The molecule has 3 heterocycles. The van der Waals surface area contributed by atoms with Crippen LogP contribution in [0.3, 0.4) is 0 Å². The zero-order valence-corrected chi connectivity index (χ0v) is 13.6. The molecular formula is C14H22BrN3S. The van der Waals surface area contributed by atoms with E-state index in [4.69, 9.17) is 5.73 Å². The predicted octanol–water partition coefficient (Wildman–Crippen LogP) is 2.51. The Bertz CT molecular complexity index is 415. The molecule has 5 heteroatoms. The van der Waals surface area contributed by atoms with Gasteiger partial charge in [-0.25, -0.2) is 0 Å². The first-order chi connectivity index (χ1) is 9.22. The predicted molar refractivity (Wildman–Crippen MR) is 84.5 cm³/mol. The molecule has 106 valence electrons. The maximum absolute atomic E-state index is 5.99. The Kier molecular flexibility index (Phi) is 4.59.